The molecule has 4 nitrogen and oxygen atoms in total. The second-order valence-electron chi connectivity index (χ2n) is 6.37. The lowest BCUT2D eigenvalue weighted by atomic mass is 10.0. The molecule has 1 fully saturated rings. The van der Waals surface area contributed by atoms with Gasteiger partial charge in [-0.15, -0.1) is 0 Å². The van der Waals surface area contributed by atoms with Gasteiger partial charge in [-0.25, -0.2) is 4.98 Å². The standard InChI is InChI=1S/C18H25N3O/c1-13-14(2)22-18(19-13)12-21-10-6-9-17(21)15-7-5-8-16(11-15)20(3)4/h5,7-8,11,17H,6,9-10,12H2,1-4H3/t17-/m1/s1. The SMILES string of the molecule is Cc1nc(CN2CCC[C@@H]2c2cccc(N(C)C)c2)oc1C. The third-order valence-corrected chi connectivity index (χ3v) is 4.55. The predicted octanol–water partition coefficient (Wildman–Crippen LogP) is 3.69. The highest BCUT2D eigenvalue weighted by Gasteiger charge is 2.27. The Labute approximate surface area is 132 Å². The van der Waals surface area contributed by atoms with E-state index in [4.69, 9.17) is 4.42 Å². The smallest absolute Gasteiger partial charge is 0.208 e. The first-order valence-corrected chi connectivity index (χ1v) is 7.99. The maximum Gasteiger partial charge on any atom is 0.208 e. The van der Waals surface area contributed by atoms with Crippen molar-refractivity contribution < 1.29 is 4.42 Å². The Balaban J connectivity index is 1.79. The Morgan fingerprint density at radius 1 is 1.32 bits per heavy atom. The maximum absolute atomic E-state index is 5.76. The molecular formula is C18H25N3O. The van der Waals surface area contributed by atoms with Crippen LogP contribution in [0.1, 0.15) is 41.8 Å². The second kappa shape index (κ2) is 6.13. The van der Waals surface area contributed by atoms with E-state index in [9.17, 15) is 0 Å². The van der Waals surface area contributed by atoms with Crippen LogP contribution < -0.4 is 4.90 Å². The van der Waals surface area contributed by atoms with Gasteiger partial charge < -0.3 is 9.32 Å². The van der Waals surface area contributed by atoms with Crippen LogP contribution in [0.3, 0.4) is 0 Å². The normalized spacial score (nSPS) is 18.8. The zero-order chi connectivity index (χ0) is 15.7. The second-order valence-corrected chi connectivity index (χ2v) is 6.37. The highest BCUT2D eigenvalue weighted by molar-refractivity contribution is 5.48. The fourth-order valence-corrected chi connectivity index (χ4v) is 3.18. The van der Waals surface area contributed by atoms with Crippen molar-refractivity contribution in [3.8, 4) is 0 Å². The van der Waals surface area contributed by atoms with Gasteiger partial charge in [0.05, 0.1) is 12.2 Å². The van der Waals surface area contributed by atoms with Gasteiger partial charge in [-0.1, -0.05) is 12.1 Å². The van der Waals surface area contributed by atoms with Crippen LogP contribution in [0, 0.1) is 13.8 Å². The molecule has 0 radical (unpaired) electrons. The third kappa shape index (κ3) is 3.02. The fourth-order valence-electron chi connectivity index (χ4n) is 3.18. The highest BCUT2D eigenvalue weighted by Crippen LogP contribution is 2.34. The van der Waals surface area contributed by atoms with Gasteiger partial charge >= 0.3 is 0 Å². The molecule has 2 aromatic rings. The van der Waals surface area contributed by atoms with Crippen molar-refractivity contribution in [2.45, 2.75) is 39.3 Å². The van der Waals surface area contributed by atoms with Crippen LogP contribution in [0.4, 0.5) is 5.69 Å². The number of aromatic nitrogens is 1. The molecule has 0 N–H and O–H groups in total. The van der Waals surface area contributed by atoms with Crippen LogP contribution >= 0.6 is 0 Å². The first-order chi connectivity index (χ1) is 10.5. The van der Waals surface area contributed by atoms with Crippen LogP contribution in [0.2, 0.25) is 0 Å². The molecule has 118 valence electrons. The van der Waals surface area contributed by atoms with Gasteiger partial charge in [0.2, 0.25) is 5.89 Å². The lowest BCUT2D eigenvalue weighted by molar-refractivity contribution is 0.222. The van der Waals surface area contributed by atoms with Crippen molar-refractivity contribution in [1.29, 1.82) is 0 Å². The van der Waals surface area contributed by atoms with Gasteiger partial charge in [0.25, 0.3) is 0 Å². The first-order valence-electron chi connectivity index (χ1n) is 7.99. The summed E-state index contributed by atoms with van der Waals surface area (Å²) in [4.78, 5) is 9.17. The zero-order valence-electron chi connectivity index (χ0n) is 14.0. The summed E-state index contributed by atoms with van der Waals surface area (Å²) in [5, 5.41) is 0. The van der Waals surface area contributed by atoms with Gasteiger partial charge in [-0.3, -0.25) is 4.90 Å². The summed E-state index contributed by atoms with van der Waals surface area (Å²) in [5.41, 5.74) is 3.65. The van der Waals surface area contributed by atoms with Gasteiger partial charge in [0, 0.05) is 25.8 Å². The molecule has 1 aromatic heterocycles. The summed E-state index contributed by atoms with van der Waals surface area (Å²) < 4.78 is 5.76. The monoisotopic (exact) mass is 299 g/mol. The van der Waals surface area contributed by atoms with E-state index in [0.717, 1.165) is 30.4 Å². The number of nitrogens with zero attached hydrogens (tertiary/aromatic N) is 3. The number of hydrogen-bond acceptors (Lipinski definition) is 4. The molecule has 4 heteroatoms. The largest absolute Gasteiger partial charge is 0.444 e. The quantitative estimate of drug-likeness (QED) is 0.862. The molecule has 0 amide bonds. The summed E-state index contributed by atoms with van der Waals surface area (Å²) in [6.07, 6.45) is 2.44. The summed E-state index contributed by atoms with van der Waals surface area (Å²) in [7, 11) is 4.17. The molecule has 0 saturated carbocycles. The maximum atomic E-state index is 5.76. The summed E-state index contributed by atoms with van der Waals surface area (Å²) in [6, 6.07) is 9.31. The molecule has 1 saturated heterocycles. The van der Waals surface area contributed by atoms with E-state index in [1.165, 1.54) is 24.1 Å². The van der Waals surface area contributed by atoms with Crippen molar-refractivity contribution in [2.24, 2.45) is 0 Å². The number of anilines is 1. The Hall–Kier alpha value is -1.81. The molecule has 0 aliphatic carbocycles. The fraction of sp³-hybridized carbons (Fsp3) is 0.500. The minimum absolute atomic E-state index is 0.465. The average molecular weight is 299 g/mol. The average Bonchev–Trinajstić information content (AvgIpc) is 3.07. The molecular weight excluding hydrogens is 274 g/mol. The lowest BCUT2D eigenvalue weighted by Gasteiger charge is -2.24. The van der Waals surface area contributed by atoms with Crippen LogP contribution in [0.5, 0.6) is 0 Å². The van der Waals surface area contributed by atoms with Gasteiger partial charge in [-0.05, 0) is 50.9 Å². The Bertz CT molecular complexity index is 628. The molecule has 3 rings (SSSR count). The molecule has 1 atom stereocenters. The van der Waals surface area contributed by atoms with Crippen molar-refractivity contribution in [3.05, 3.63) is 47.2 Å². The van der Waals surface area contributed by atoms with E-state index in [0.29, 0.717) is 6.04 Å². The van der Waals surface area contributed by atoms with Crippen LogP contribution in [-0.2, 0) is 6.54 Å². The van der Waals surface area contributed by atoms with E-state index >= 15 is 0 Å². The summed E-state index contributed by atoms with van der Waals surface area (Å²) in [6.45, 7) is 5.89. The summed E-state index contributed by atoms with van der Waals surface area (Å²) in [5.74, 6) is 1.77. The zero-order valence-corrected chi connectivity index (χ0v) is 14.0. The molecule has 1 aliphatic heterocycles. The number of likely N-dealkylation sites (tertiary alicyclic amines) is 1. The van der Waals surface area contributed by atoms with E-state index in [1.54, 1.807) is 0 Å². The van der Waals surface area contributed by atoms with Gasteiger partial charge in [0.1, 0.15) is 5.76 Å². The van der Waals surface area contributed by atoms with Gasteiger partial charge in [0.15, 0.2) is 0 Å². The minimum Gasteiger partial charge on any atom is -0.444 e. The molecule has 0 spiro atoms. The number of rotatable bonds is 4. The Kier molecular flexibility index (Phi) is 4.21. The van der Waals surface area contributed by atoms with Gasteiger partial charge in [-0.2, -0.15) is 0 Å². The van der Waals surface area contributed by atoms with Crippen LogP contribution in [-0.4, -0.2) is 30.5 Å². The van der Waals surface area contributed by atoms with Crippen molar-refractivity contribution in [2.75, 3.05) is 25.5 Å². The van der Waals surface area contributed by atoms with Crippen LogP contribution in [0.15, 0.2) is 28.7 Å². The van der Waals surface area contributed by atoms with E-state index in [-0.39, 0.29) is 0 Å². The van der Waals surface area contributed by atoms with Crippen molar-refractivity contribution in [3.63, 3.8) is 0 Å². The van der Waals surface area contributed by atoms with Crippen molar-refractivity contribution in [1.82, 2.24) is 9.88 Å². The molecule has 0 bridgehead atoms. The number of benzene rings is 1. The molecule has 0 unspecified atom stereocenters. The molecule has 1 aromatic carbocycles. The predicted molar refractivity (Wildman–Crippen MR) is 89.1 cm³/mol. The molecule has 22 heavy (non-hydrogen) atoms. The third-order valence-electron chi connectivity index (χ3n) is 4.55. The topological polar surface area (TPSA) is 32.5 Å². The van der Waals surface area contributed by atoms with Crippen LogP contribution in [0.25, 0.3) is 0 Å². The highest BCUT2D eigenvalue weighted by atomic mass is 16.4. The lowest BCUT2D eigenvalue weighted by Crippen LogP contribution is -2.23. The van der Waals surface area contributed by atoms with Crippen molar-refractivity contribution >= 4 is 5.69 Å². The number of oxazole rings is 1. The van der Waals surface area contributed by atoms with E-state index in [2.05, 4.69) is 53.1 Å². The summed E-state index contributed by atoms with van der Waals surface area (Å²) >= 11 is 0. The first kappa shape index (κ1) is 15.1. The van der Waals surface area contributed by atoms with E-state index < -0.39 is 0 Å². The Morgan fingerprint density at radius 3 is 2.82 bits per heavy atom. The number of aryl methyl sites for hydroxylation is 2. The number of hydrogen-bond donors (Lipinski definition) is 0. The Morgan fingerprint density at radius 2 is 2.14 bits per heavy atom. The molecule has 1 aliphatic rings. The van der Waals surface area contributed by atoms with E-state index in [1.807, 2.05) is 13.8 Å². The molecule has 2 heterocycles. The minimum atomic E-state index is 0.465.